The van der Waals surface area contributed by atoms with Gasteiger partial charge in [-0.2, -0.15) is 44.3 Å². The minimum atomic E-state index is -5.07. The molecule has 242 valence electrons. The molecule has 0 amide bonds. The number of likely N-dealkylation sites (tertiary alicyclic amines) is 1. The lowest BCUT2D eigenvalue weighted by atomic mass is 9.87. The van der Waals surface area contributed by atoms with E-state index >= 15 is 0 Å². The summed E-state index contributed by atoms with van der Waals surface area (Å²) < 4.78 is 123. The normalized spacial score (nSPS) is 19.3. The molecule has 6 nitrogen and oxygen atoms in total. The number of alkyl halides is 9. The van der Waals surface area contributed by atoms with Crippen molar-refractivity contribution in [2.75, 3.05) is 18.0 Å². The number of aryl methyl sites for hydroxylation is 1. The molecule has 0 spiro atoms. The maximum atomic E-state index is 13.9. The first-order valence-corrected chi connectivity index (χ1v) is 14.1. The summed E-state index contributed by atoms with van der Waals surface area (Å²) in [6.07, 6.45) is -13.3. The second kappa shape index (κ2) is 12.6. The Morgan fingerprint density at radius 2 is 1.39 bits per heavy atom. The summed E-state index contributed by atoms with van der Waals surface area (Å²) in [7, 11) is 1.40. The van der Waals surface area contributed by atoms with Crippen molar-refractivity contribution in [2.24, 2.45) is 18.9 Å². The Morgan fingerprint density at radius 3 is 1.86 bits per heavy atom. The van der Waals surface area contributed by atoms with Crippen molar-refractivity contribution in [1.29, 1.82) is 0 Å². The molecule has 0 aliphatic carbocycles. The van der Waals surface area contributed by atoms with Gasteiger partial charge in [0.1, 0.15) is 0 Å². The molecule has 3 unspecified atom stereocenters. The molecule has 2 heterocycles. The highest BCUT2D eigenvalue weighted by Crippen LogP contribution is 2.39. The number of anilines is 1. The van der Waals surface area contributed by atoms with Gasteiger partial charge < -0.3 is 4.90 Å². The van der Waals surface area contributed by atoms with Crippen molar-refractivity contribution in [3.63, 3.8) is 0 Å². The molecule has 0 radical (unpaired) electrons. The van der Waals surface area contributed by atoms with Gasteiger partial charge in [-0.05, 0) is 76.9 Å². The second-order valence-electron chi connectivity index (χ2n) is 11.6. The highest BCUT2D eigenvalue weighted by molar-refractivity contribution is 5.42. The van der Waals surface area contributed by atoms with Gasteiger partial charge >= 0.3 is 18.5 Å². The van der Waals surface area contributed by atoms with E-state index in [0.29, 0.717) is 36.0 Å². The lowest BCUT2D eigenvalue weighted by molar-refractivity contribution is -0.143. The zero-order valence-electron chi connectivity index (χ0n) is 24.5. The molecule has 1 fully saturated rings. The van der Waals surface area contributed by atoms with Crippen LogP contribution < -0.4 is 4.90 Å². The predicted molar refractivity (Wildman–Crippen MR) is 144 cm³/mol. The van der Waals surface area contributed by atoms with Gasteiger partial charge in [0.2, 0.25) is 0 Å². The Morgan fingerprint density at radius 1 is 0.818 bits per heavy atom. The fourth-order valence-corrected chi connectivity index (χ4v) is 6.02. The predicted octanol–water partition coefficient (Wildman–Crippen LogP) is 7.90. The number of halogens is 9. The SMILES string of the molecule is CCC(c1ccc(C(F)(F)F)cc1CN(Cc1cc(C(F)(F)F)cc(C(F)(F)F)c1)c1nnn(C)n1)N1CC(C)CC(C)C1. The molecule has 15 heteroatoms. The number of hydrogen-bond acceptors (Lipinski definition) is 5. The summed E-state index contributed by atoms with van der Waals surface area (Å²) >= 11 is 0. The average molecular weight is 637 g/mol. The van der Waals surface area contributed by atoms with Crippen molar-refractivity contribution < 1.29 is 39.5 Å². The third kappa shape index (κ3) is 8.02. The first-order valence-electron chi connectivity index (χ1n) is 14.1. The summed E-state index contributed by atoms with van der Waals surface area (Å²) in [5.74, 6) is 0.541. The van der Waals surface area contributed by atoms with E-state index in [1.54, 1.807) is 0 Å². The van der Waals surface area contributed by atoms with Gasteiger partial charge in [0.05, 0.1) is 23.7 Å². The Bertz CT molecular complexity index is 1390. The highest BCUT2D eigenvalue weighted by atomic mass is 19.4. The first kappa shape index (κ1) is 33.5. The maximum absolute atomic E-state index is 13.9. The van der Waals surface area contributed by atoms with Crippen molar-refractivity contribution in [1.82, 2.24) is 25.1 Å². The number of rotatable bonds is 8. The van der Waals surface area contributed by atoms with Crippen molar-refractivity contribution in [2.45, 2.75) is 71.3 Å². The summed E-state index contributed by atoms with van der Waals surface area (Å²) in [6, 6.07) is 4.28. The van der Waals surface area contributed by atoms with Crippen LogP contribution in [0.1, 0.15) is 73.0 Å². The Balaban J connectivity index is 1.82. The standard InChI is InChI=1S/C29H33F9N6/c1-5-25(43-13-17(2)8-18(3)14-43)24-7-6-21(27(30,31)32)11-20(24)16-44(26-39-41-42(4)40-26)15-19-9-22(28(33,34)35)12-23(10-19)29(36,37)38/h6-7,9-12,17-18,25H,5,8,13-16H2,1-4H3. The van der Waals surface area contributed by atoms with Gasteiger partial charge in [-0.3, -0.25) is 4.90 Å². The molecule has 0 bridgehead atoms. The van der Waals surface area contributed by atoms with Crippen LogP contribution in [0, 0.1) is 11.8 Å². The molecule has 1 aromatic heterocycles. The zero-order chi connectivity index (χ0) is 32.6. The zero-order valence-corrected chi connectivity index (χ0v) is 24.5. The molecule has 0 saturated carbocycles. The van der Waals surface area contributed by atoms with Crippen molar-refractivity contribution in [3.05, 3.63) is 69.8 Å². The van der Waals surface area contributed by atoms with E-state index in [0.717, 1.165) is 36.4 Å². The molecule has 1 aliphatic heterocycles. The summed E-state index contributed by atoms with van der Waals surface area (Å²) in [6.45, 7) is 6.68. The molecular weight excluding hydrogens is 603 g/mol. The van der Waals surface area contributed by atoms with E-state index in [4.69, 9.17) is 0 Å². The van der Waals surface area contributed by atoms with Crippen LogP contribution in [0.25, 0.3) is 0 Å². The molecule has 3 atom stereocenters. The number of piperidine rings is 1. The van der Waals surface area contributed by atoms with Gasteiger partial charge in [0.25, 0.3) is 5.95 Å². The molecule has 1 aliphatic rings. The molecule has 44 heavy (non-hydrogen) atoms. The molecular formula is C29H33F9N6. The van der Waals surface area contributed by atoms with Crippen LogP contribution >= 0.6 is 0 Å². The molecule has 1 saturated heterocycles. The minimum Gasteiger partial charge on any atom is -0.330 e. The van der Waals surface area contributed by atoms with Crippen LogP contribution in [-0.2, 0) is 38.7 Å². The van der Waals surface area contributed by atoms with E-state index in [9.17, 15) is 39.5 Å². The van der Waals surface area contributed by atoms with E-state index in [2.05, 4.69) is 34.2 Å². The Hall–Kier alpha value is -3.36. The molecule has 4 rings (SSSR count). The lowest BCUT2D eigenvalue weighted by Gasteiger charge is -2.41. The van der Waals surface area contributed by atoms with Gasteiger partial charge in [0, 0.05) is 32.2 Å². The number of tetrazole rings is 1. The quantitative estimate of drug-likeness (QED) is 0.236. The summed E-state index contributed by atoms with van der Waals surface area (Å²) in [5.41, 5.74) is -3.54. The molecule has 3 aromatic rings. The summed E-state index contributed by atoms with van der Waals surface area (Å²) in [4.78, 5) is 4.49. The van der Waals surface area contributed by atoms with Crippen molar-refractivity contribution in [3.8, 4) is 0 Å². The summed E-state index contributed by atoms with van der Waals surface area (Å²) in [5, 5.41) is 11.7. The van der Waals surface area contributed by atoms with Crippen LogP contribution in [0.4, 0.5) is 45.5 Å². The van der Waals surface area contributed by atoms with Crippen LogP contribution in [0.15, 0.2) is 36.4 Å². The van der Waals surface area contributed by atoms with E-state index in [1.165, 1.54) is 18.0 Å². The molecule has 2 aromatic carbocycles. The van der Waals surface area contributed by atoms with Crippen LogP contribution in [-0.4, -0.2) is 38.2 Å². The third-order valence-corrected chi connectivity index (χ3v) is 7.72. The van der Waals surface area contributed by atoms with Crippen molar-refractivity contribution >= 4 is 5.95 Å². The Kier molecular flexibility index (Phi) is 9.57. The maximum Gasteiger partial charge on any atom is 0.416 e. The largest absolute Gasteiger partial charge is 0.416 e. The number of hydrogen-bond donors (Lipinski definition) is 0. The van der Waals surface area contributed by atoms with Gasteiger partial charge in [-0.15, -0.1) is 5.10 Å². The van der Waals surface area contributed by atoms with Crippen LogP contribution in [0.5, 0.6) is 0 Å². The van der Waals surface area contributed by atoms with Crippen LogP contribution in [0.3, 0.4) is 0 Å². The topological polar surface area (TPSA) is 50.1 Å². The highest BCUT2D eigenvalue weighted by Gasteiger charge is 2.38. The third-order valence-electron chi connectivity index (χ3n) is 7.72. The average Bonchev–Trinajstić information content (AvgIpc) is 3.33. The lowest BCUT2D eigenvalue weighted by Crippen LogP contribution is -2.41. The fraction of sp³-hybridized carbons (Fsp3) is 0.552. The van der Waals surface area contributed by atoms with Gasteiger partial charge in [0.15, 0.2) is 0 Å². The monoisotopic (exact) mass is 636 g/mol. The smallest absolute Gasteiger partial charge is 0.330 e. The van der Waals surface area contributed by atoms with E-state index < -0.39 is 41.8 Å². The molecule has 0 N–H and O–H groups in total. The first-order chi connectivity index (χ1) is 20.3. The second-order valence-corrected chi connectivity index (χ2v) is 11.6. The van der Waals surface area contributed by atoms with Gasteiger partial charge in [-0.1, -0.05) is 31.9 Å². The van der Waals surface area contributed by atoms with Gasteiger partial charge in [-0.25, -0.2) is 0 Å². The van der Waals surface area contributed by atoms with E-state index in [1.807, 2.05) is 6.92 Å². The van der Waals surface area contributed by atoms with Crippen LogP contribution in [0.2, 0.25) is 0 Å². The fourth-order valence-electron chi connectivity index (χ4n) is 6.02. The van der Waals surface area contributed by atoms with E-state index in [-0.39, 0.29) is 35.7 Å². The number of nitrogens with zero attached hydrogens (tertiary/aromatic N) is 6. The Labute approximate surface area is 248 Å². The number of benzene rings is 2. The minimum absolute atomic E-state index is 0.0196. The number of aromatic nitrogens is 4.